The summed E-state index contributed by atoms with van der Waals surface area (Å²) in [5.74, 6) is 0.273. The van der Waals surface area contributed by atoms with Gasteiger partial charge >= 0.3 is 0 Å². The van der Waals surface area contributed by atoms with Crippen molar-refractivity contribution < 1.29 is 0 Å². The van der Waals surface area contributed by atoms with Gasteiger partial charge in [0.1, 0.15) is 0 Å². The lowest BCUT2D eigenvalue weighted by Gasteiger charge is -2.14. The Morgan fingerprint density at radius 3 is 2.35 bits per heavy atom. The molecular weight excluding hydrogens is 364 g/mol. The first-order valence-corrected chi connectivity index (χ1v) is 7.57. The summed E-state index contributed by atoms with van der Waals surface area (Å²) in [6.07, 6.45) is 0. The molecule has 0 aliphatic heterocycles. The largest absolute Gasteiger partial charge is 0.375 e. The van der Waals surface area contributed by atoms with Crippen LogP contribution in [-0.2, 0) is 0 Å². The topological polar surface area (TPSA) is 38.9 Å². The van der Waals surface area contributed by atoms with Gasteiger partial charge in [0.15, 0.2) is 5.13 Å². The molecule has 1 heterocycles. The van der Waals surface area contributed by atoms with Crippen LogP contribution in [0, 0.1) is 6.92 Å². The molecule has 0 bridgehead atoms. The minimum atomic E-state index is 0.273. The molecule has 90 valence electrons. The van der Waals surface area contributed by atoms with Gasteiger partial charge in [-0.15, -0.1) is 11.3 Å². The molecule has 17 heavy (non-hydrogen) atoms. The van der Waals surface area contributed by atoms with Crippen molar-refractivity contribution in [1.82, 2.24) is 4.98 Å². The van der Waals surface area contributed by atoms with Crippen LogP contribution >= 0.6 is 43.2 Å². The van der Waals surface area contributed by atoms with Crippen molar-refractivity contribution in [2.75, 3.05) is 5.73 Å². The summed E-state index contributed by atoms with van der Waals surface area (Å²) in [7, 11) is 0. The molecule has 1 aromatic carbocycles. The maximum atomic E-state index is 5.76. The standard InChI is InChI=1S/C12H12Br2N2S/c1-6(11-7(2)16-12(15)17-11)10-8(13)4-3-5-9(10)14/h3-6H,1-2H3,(H2,15,16). The Bertz CT molecular complexity index is 531. The number of anilines is 1. The molecule has 2 aromatic rings. The normalized spacial score (nSPS) is 12.7. The van der Waals surface area contributed by atoms with Gasteiger partial charge in [0, 0.05) is 19.7 Å². The predicted octanol–water partition coefficient (Wildman–Crippen LogP) is 4.71. The smallest absolute Gasteiger partial charge is 0.180 e. The molecule has 0 saturated carbocycles. The zero-order valence-corrected chi connectivity index (χ0v) is 13.5. The minimum absolute atomic E-state index is 0.273. The maximum absolute atomic E-state index is 5.76. The monoisotopic (exact) mass is 374 g/mol. The molecule has 5 heteroatoms. The number of benzene rings is 1. The Labute approximate surface area is 122 Å². The lowest BCUT2D eigenvalue weighted by atomic mass is 9.99. The highest BCUT2D eigenvalue weighted by atomic mass is 79.9. The van der Waals surface area contributed by atoms with Gasteiger partial charge in [-0.3, -0.25) is 0 Å². The van der Waals surface area contributed by atoms with Crippen LogP contribution in [0.3, 0.4) is 0 Å². The Kier molecular flexibility index (Phi) is 3.90. The third-order valence-electron chi connectivity index (χ3n) is 2.68. The second-order valence-corrected chi connectivity index (χ2v) is 6.63. The molecule has 0 aliphatic rings. The SMILES string of the molecule is Cc1nc(N)sc1C(C)c1c(Br)cccc1Br. The first-order chi connectivity index (χ1) is 8.00. The number of hydrogen-bond acceptors (Lipinski definition) is 3. The maximum Gasteiger partial charge on any atom is 0.180 e. The average Bonchev–Trinajstić information content (AvgIpc) is 2.57. The molecule has 2 N–H and O–H groups in total. The van der Waals surface area contributed by atoms with Crippen LogP contribution in [0.25, 0.3) is 0 Å². The van der Waals surface area contributed by atoms with E-state index in [0.29, 0.717) is 5.13 Å². The molecule has 0 fully saturated rings. The van der Waals surface area contributed by atoms with Crippen molar-refractivity contribution >= 4 is 48.3 Å². The fourth-order valence-electron chi connectivity index (χ4n) is 1.89. The van der Waals surface area contributed by atoms with Crippen molar-refractivity contribution in [3.63, 3.8) is 0 Å². The predicted molar refractivity (Wildman–Crippen MR) is 80.6 cm³/mol. The minimum Gasteiger partial charge on any atom is -0.375 e. The molecule has 2 nitrogen and oxygen atoms in total. The Morgan fingerprint density at radius 1 is 1.29 bits per heavy atom. The summed E-state index contributed by atoms with van der Waals surface area (Å²) in [6, 6.07) is 6.12. The fraction of sp³-hybridized carbons (Fsp3) is 0.250. The molecule has 0 radical (unpaired) electrons. The zero-order valence-electron chi connectivity index (χ0n) is 9.50. The van der Waals surface area contributed by atoms with Gasteiger partial charge in [0.2, 0.25) is 0 Å². The van der Waals surface area contributed by atoms with E-state index in [9.17, 15) is 0 Å². The summed E-state index contributed by atoms with van der Waals surface area (Å²) >= 11 is 8.76. The first kappa shape index (κ1) is 13.1. The summed E-state index contributed by atoms with van der Waals surface area (Å²) in [5.41, 5.74) is 8.01. The van der Waals surface area contributed by atoms with Gasteiger partial charge in [-0.1, -0.05) is 44.8 Å². The van der Waals surface area contributed by atoms with Gasteiger partial charge in [0.25, 0.3) is 0 Å². The van der Waals surface area contributed by atoms with E-state index in [1.807, 2.05) is 13.0 Å². The molecule has 0 spiro atoms. The Hall–Kier alpha value is -0.390. The summed E-state index contributed by atoms with van der Waals surface area (Å²) in [5, 5.41) is 0.632. The Morgan fingerprint density at radius 2 is 1.88 bits per heavy atom. The molecule has 0 saturated heterocycles. The van der Waals surface area contributed by atoms with Crippen molar-refractivity contribution in [2.24, 2.45) is 0 Å². The third kappa shape index (κ3) is 2.56. The van der Waals surface area contributed by atoms with Crippen molar-refractivity contribution in [1.29, 1.82) is 0 Å². The van der Waals surface area contributed by atoms with Crippen LogP contribution in [0.1, 0.15) is 29.0 Å². The number of nitrogen functional groups attached to an aromatic ring is 1. The van der Waals surface area contributed by atoms with Crippen LogP contribution < -0.4 is 5.73 Å². The van der Waals surface area contributed by atoms with E-state index >= 15 is 0 Å². The fourth-order valence-corrected chi connectivity index (χ4v) is 4.47. The average molecular weight is 376 g/mol. The number of aryl methyl sites for hydroxylation is 1. The molecule has 2 rings (SSSR count). The summed E-state index contributed by atoms with van der Waals surface area (Å²) in [6.45, 7) is 4.17. The Balaban J connectivity index is 2.51. The highest BCUT2D eigenvalue weighted by Gasteiger charge is 2.19. The number of thiazole rings is 1. The van der Waals surface area contributed by atoms with E-state index in [0.717, 1.165) is 14.6 Å². The van der Waals surface area contributed by atoms with E-state index in [-0.39, 0.29) is 5.92 Å². The van der Waals surface area contributed by atoms with E-state index in [4.69, 9.17) is 5.73 Å². The molecule has 1 atom stereocenters. The number of hydrogen-bond donors (Lipinski definition) is 1. The van der Waals surface area contributed by atoms with E-state index < -0.39 is 0 Å². The van der Waals surface area contributed by atoms with Gasteiger partial charge in [-0.25, -0.2) is 4.98 Å². The van der Waals surface area contributed by atoms with Gasteiger partial charge in [-0.05, 0) is 24.6 Å². The quantitative estimate of drug-likeness (QED) is 0.825. The molecule has 0 amide bonds. The van der Waals surface area contributed by atoms with Gasteiger partial charge < -0.3 is 5.73 Å². The van der Waals surface area contributed by atoms with E-state index in [1.54, 1.807) is 11.3 Å². The number of aromatic nitrogens is 1. The summed E-state index contributed by atoms with van der Waals surface area (Å²) in [4.78, 5) is 5.50. The number of nitrogens with zero attached hydrogens (tertiary/aromatic N) is 1. The number of rotatable bonds is 2. The molecular formula is C12H12Br2N2S. The van der Waals surface area contributed by atoms with Gasteiger partial charge in [0.05, 0.1) is 5.69 Å². The van der Waals surface area contributed by atoms with Crippen LogP contribution in [0.15, 0.2) is 27.1 Å². The van der Waals surface area contributed by atoms with Crippen LogP contribution in [0.4, 0.5) is 5.13 Å². The molecule has 1 aromatic heterocycles. The zero-order chi connectivity index (χ0) is 12.6. The first-order valence-electron chi connectivity index (χ1n) is 5.17. The van der Waals surface area contributed by atoms with Crippen molar-refractivity contribution in [3.8, 4) is 0 Å². The highest BCUT2D eigenvalue weighted by Crippen LogP contribution is 2.39. The molecule has 1 unspecified atom stereocenters. The van der Waals surface area contributed by atoms with Crippen LogP contribution in [0.5, 0.6) is 0 Å². The third-order valence-corrected chi connectivity index (χ3v) is 5.23. The second kappa shape index (κ2) is 5.08. The van der Waals surface area contributed by atoms with Crippen LogP contribution in [-0.4, -0.2) is 4.98 Å². The number of halogens is 2. The van der Waals surface area contributed by atoms with Crippen molar-refractivity contribution in [2.45, 2.75) is 19.8 Å². The summed E-state index contributed by atoms with van der Waals surface area (Å²) < 4.78 is 2.21. The molecule has 0 aliphatic carbocycles. The lowest BCUT2D eigenvalue weighted by Crippen LogP contribution is -1.98. The highest BCUT2D eigenvalue weighted by molar-refractivity contribution is 9.11. The van der Waals surface area contributed by atoms with E-state index in [1.165, 1.54) is 10.4 Å². The second-order valence-electron chi connectivity index (χ2n) is 3.86. The van der Waals surface area contributed by atoms with Crippen LogP contribution in [0.2, 0.25) is 0 Å². The number of nitrogens with two attached hydrogens (primary N) is 1. The van der Waals surface area contributed by atoms with Gasteiger partial charge in [-0.2, -0.15) is 0 Å². The lowest BCUT2D eigenvalue weighted by molar-refractivity contribution is 0.914. The van der Waals surface area contributed by atoms with E-state index in [2.05, 4.69) is 55.9 Å². The van der Waals surface area contributed by atoms with Crippen molar-refractivity contribution in [3.05, 3.63) is 43.3 Å².